The predicted molar refractivity (Wildman–Crippen MR) is 59.6 cm³/mol. The van der Waals surface area contributed by atoms with Crippen LogP contribution in [-0.4, -0.2) is 39.7 Å². The van der Waals surface area contributed by atoms with E-state index in [4.69, 9.17) is 10.2 Å². The zero-order valence-electron chi connectivity index (χ0n) is 9.38. The van der Waals surface area contributed by atoms with Crippen LogP contribution in [0.4, 0.5) is 0 Å². The van der Waals surface area contributed by atoms with Gasteiger partial charge in [-0.25, -0.2) is 4.79 Å². The number of aliphatic hydroxyl groups excluding tert-OH is 1. The first kappa shape index (κ1) is 13.1. The average molecular weight is 238 g/mol. The van der Waals surface area contributed by atoms with Crippen molar-refractivity contribution in [2.75, 3.05) is 6.61 Å². The Morgan fingerprint density at radius 2 is 2.24 bits per heavy atom. The van der Waals surface area contributed by atoms with Gasteiger partial charge in [0.1, 0.15) is 6.04 Å². The van der Waals surface area contributed by atoms with Gasteiger partial charge in [0, 0.05) is 24.9 Å². The molecule has 1 amide bonds. The summed E-state index contributed by atoms with van der Waals surface area (Å²) in [7, 11) is 0. The van der Waals surface area contributed by atoms with Gasteiger partial charge >= 0.3 is 5.97 Å². The Hall–Kier alpha value is -1.95. The van der Waals surface area contributed by atoms with Crippen molar-refractivity contribution in [3.63, 3.8) is 0 Å². The van der Waals surface area contributed by atoms with Crippen molar-refractivity contribution in [3.8, 4) is 0 Å². The van der Waals surface area contributed by atoms with E-state index in [1.165, 1.54) is 0 Å². The van der Waals surface area contributed by atoms with Crippen LogP contribution < -0.4 is 5.32 Å². The third kappa shape index (κ3) is 3.53. The number of nitrogens with one attached hydrogen (secondary N) is 1. The van der Waals surface area contributed by atoms with Crippen molar-refractivity contribution < 1.29 is 19.8 Å². The Morgan fingerprint density at radius 1 is 1.53 bits per heavy atom. The molecule has 0 spiro atoms. The fourth-order valence-corrected chi connectivity index (χ4v) is 1.35. The molecule has 0 saturated carbocycles. The molecule has 92 valence electrons. The first-order valence-electron chi connectivity index (χ1n) is 5.12. The predicted octanol–water partition coefficient (Wildman–Crippen LogP) is -0.0446. The summed E-state index contributed by atoms with van der Waals surface area (Å²) in [4.78, 5) is 26.5. The summed E-state index contributed by atoms with van der Waals surface area (Å²) in [6.45, 7) is 1.36. The number of hydrogen-bond donors (Lipinski definition) is 3. The summed E-state index contributed by atoms with van der Waals surface area (Å²) in [5.41, 5.74) is 0.856. The molecule has 0 unspecified atom stereocenters. The Morgan fingerprint density at radius 3 is 2.76 bits per heavy atom. The molecule has 0 radical (unpaired) electrons. The van der Waals surface area contributed by atoms with Gasteiger partial charge in [-0.1, -0.05) is 0 Å². The molecule has 1 aromatic heterocycles. The minimum Gasteiger partial charge on any atom is -0.480 e. The third-order valence-corrected chi connectivity index (χ3v) is 2.27. The molecule has 1 heterocycles. The maximum Gasteiger partial charge on any atom is 0.326 e. The van der Waals surface area contributed by atoms with Gasteiger partial charge in [0.15, 0.2) is 0 Å². The fourth-order valence-electron chi connectivity index (χ4n) is 1.35. The van der Waals surface area contributed by atoms with Crippen LogP contribution in [-0.2, 0) is 4.79 Å². The van der Waals surface area contributed by atoms with E-state index in [0.717, 1.165) is 0 Å². The van der Waals surface area contributed by atoms with Crippen LogP contribution in [0.15, 0.2) is 18.3 Å². The molecular weight excluding hydrogens is 224 g/mol. The van der Waals surface area contributed by atoms with Gasteiger partial charge in [0.25, 0.3) is 5.91 Å². The average Bonchev–Trinajstić information content (AvgIpc) is 2.28. The molecule has 1 aromatic rings. The molecule has 3 N–H and O–H groups in total. The van der Waals surface area contributed by atoms with E-state index < -0.39 is 17.9 Å². The summed E-state index contributed by atoms with van der Waals surface area (Å²) in [5.74, 6) is -1.68. The summed E-state index contributed by atoms with van der Waals surface area (Å²) in [5, 5.41) is 19.9. The monoisotopic (exact) mass is 238 g/mol. The summed E-state index contributed by atoms with van der Waals surface area (Å²) in [6.07, 6.45) is 1.52. The Bertz CT molecular complexity index is 420. The number of aliphatic hydroxyl groups is 1. The van der Waals surface area contributed by atoms with E-state index in [2.05, 4.69) is 10.3 Å². The Kier molecular flexibility index (Phi) is 4.59. The molecule has 1 rings (SSSR count). The van der Waals surface area contributed by atoms with E-state index in [-0.39, 0.29) is 13.0 Å². The van der Waals surface area contributed by atoms with Crippen LogP contribution >= 0.6 is 0 Å². The molecule has 0 aliphatic heterocycles. The Balaban J connectivity index is 2.77. The number of carboxylic acid groups (broad SMARTS) is 1. The molecule has 0 bridgehead atoms. The zero-order valence-corrected chi connectivity index (χ0v) is 9.38. The molecule has 6 nitrogen and oxygen atoms in total. The first-order valence-corrected chi connectivity index (χ1v) is 5.12. The van der Waals surface area contributed by atoms with E-state index in [1.807, 2.05) is 0 Å². The van der Waals surface area contributed by atoms with Crippen LogP contribution in [0.3, 0.4) is 0 Å². The molecule has 0 saturated heterocycles. The number of amides is 1. The van der Waals surface area contributed by atoms with Crippen molar-refractivity contribution in [2.45, 2.75) is 19.4 Å². The summed E-state index contributed by atoms with van der Waals surface area (Å²) >= 11 is 0. The lowest BCUT2D eigenvalue weighted by Crippen LogP contribution is -2.41. The molecule has 0 aromatic carbocycles. The molecular formula is C11H14N2O4. The Labute approximate surface area is 98.3 Å². The number of nitrogens with zero attached hydrogens (tertiary/aromatic N) is 1. The highest BCUT2D eigenvalue weighted by atomic mass is 16.4. The normalized spacial score (nSPS) is 11.9. The van der Waals surface area contributed by atoms with Crippen LogP contribution in [0.2, 0.25) is 0 Å². The molecule has 0 fully saturated rings. The van der Waals surface area contributed by atoms with E-state index in [1.54, 1.807) is 25.3 Å². The standard InChI is InChI=1S/C11H14N2O4/c1-7-8(3-2-5-12-7)10(15)13-9(4-6-14)11(16)17/h2-3,5,9,14H,4,6H2,1H3,(H,13,15)(H,16,17)/t9-/m0/s1. The number of aliphatic carboxylic acids is 1. The number of hydrogen-bond acceptors (Lipinski definition) is 4. The number of aryl methyl sites for hydroxylation is 1. The van der Waals surface area contributed by atoms with Crippen molar-refractivity contribution in [2.24, 2.45) is 0 Å². The van der Waals surface area contributed by atoms with Gasteiger partial charge in [-0.15, -0.1) is 0 Å². The van der Waals surface area contributed by atoms with E-state index >= 15 is 0 Å². The van der Waals surface area contributed by atoms with E-state index in [0.29, 0.717) is 11.3 Å². The zero-order chi connectivity index (χ0) is 12.8. The highest BCUT2D eigenvalue weighted by Gasteiger charge is 2.20. The molecule has 0 aliphatic rings. The highest BCUT2D eigenvalue weighted by Crippen LogP contribution is 2.04. The largest absolute Gasteiger partial charge is 0.480 e. The molecule has 17 heavy (non-hydrogen) atoms. The first-order chi connectivity index (χ1) is 8.06. The molecule has 0 aliphatic carbocycles. The number of rotatable bonds is 5. The minimum atomic E-state index is -1.17. The maximum absolute atomic E-state index is 11.8. The maximum atomic E-state index is 11.8. The number of carbonyl (C=O) groups is 2. The van der Waals surface area contributed by atoms with Crippen LogP contribution in [0.25, 0.3) is 0 Å². The summed E-state index contributed by atoms with van der Waals surface area (Å²) < 4.78 is 0. The smallest absolute Gasteiger partial charge is 0.326 e. The summed E-state index contributed by atoms with van der Waals surface area (Å²) in [6, 6.07) is 2.08. The minimum absolute atomic E-state index is 0.0274. The quantitative estimate of drug-likeness (QED) is 0.668. The number of aromatic nitrogens is 1. The highest BCUT2D eigenvalue weighted by molar-refractivity contribution is 5.97. The van der Waals surface area contributed by atoms with Gasteiger partial charge in [-0.05, 0) is 19.1 Å². The lowest BCUT2D eigenvalue weighted by molar-refractivity contribution is -0.139. The van der Waals surface area contributed by atoms with Crippen molar-refractivity contribution in [1.29, 1.82) is 0 Å². The fraction of sp³-hybridized carbons (Fsp3) is 0.364. The second kappa shape index (κ2) is 5.95. The molecule has 6 heteroatoms. The van der Waals surface area contributed by atoms with Gasteiger partial charge < -0.3 is 15.5 Å². The second-order valence-electron chi connectivity index (χ2n) is 3.51. The number of carboxylic acids is 1. The van der Waals surface area contributed by atoms with Gasteiger partial charge in [0.2, 0.25) is 0 Å². The SMILES string of the molecule is Cc1ncccc1C(=O)N[C@@H](CCO)C(=O)O. The number of carbonyl (C=O) groups excluding carboxylic acids is 1. The van der Waals surface area contributed by atoms with Gasteiger partial charge in [-0.2, -0.15) is 0 Å². The third-order valence-electron chi connectivity index (χ3n) is 2.27. The van der Waals surface area contributed by atoms with Crippen molar-refractivity contribution in [3.05, 3.63) is 29.6 Å². The van der Waals surface area contributed by atoms with Crippen molar-refractivity contribution >= 4 is 11.9 Å². The lowest BCUT2D eigenvalue weighted by atomic mass is 10.1. The molecule has 1 atom stereocenters. The topological polar surface area (TPSA) is 99.5 Å². The van der Waals surface area contributed by atoms with Crippen LogP contribution in [0.1, 0.15) is 22.5 Å². The second-order valence-corrected chi connectivity index (χ2v) is 3.51. The van der Waals surface area contributed by atoms with Gasteiger partial charge in [0.05, 0.1) is 5.56 Å². The van der Waals surface area contributed by atoms with Crippen molar-refractivity contribution in [1.82, 2.24) is 10.3 Å². The van der Waals surface area contributed by atoms with Crippen LogP contribution in [0, 0.1) is 6.92 Å². The lowest BCUT2D eigenvalue weighted by Gasteiger charge is -2.13. The number of pyridine rings is 1. The van der Waals surface area contributed by atoms with Gasteiger partial charge in [-0.3, -0.25) is 9.78 Å². The van der Waals surface area contributed by atoms with Crippen LogP contribution in [0.5, 0.6) is 0 Å². The van der Waals surface area contributed by atoms with E-state index in [9.17, 15) is 9.59 Å².